The van der Waals surface area contributed by atoms with Crippen molar-refractivity contribution < 1.29 is 9.53 Å². The Morgan fingerprint density at radius 2 is 2.10 bits per heavy atom. The predicted molar refractivity (Wildman–Crippen MR) is 82.0 cm³/mol. The Morgan fingerprint density at radius 3 is 2.70 bits per heavy atom. The van der Waals surface area contributed by atoms with E-state index in [1.807, 2.05) is 11.6 Å². The van der Waals surface area contributed by atoms with E-state index in [1.54, 1.807) is 49.7 Å². The molecule has 0 amide bonds. The number of aromatic nitrogens is 2. The van der Waals surface area contributed by atoms with Crippen LogP contribution in [0, 0.1) is 0 Å². The van der Waals surface area contributed by atoms with Crippen LogP contribution in [0.3, 0.4) is 0 Å². The first-order valence-corrected chi connectivity index (χ1v) is 7.02. The molecule has 0 bridgehead atoms. The lowest BCUT2D eigenvalue weighted by Crippen LogP contribution is -1.99. The molecule has 0 aliphatic heterocycles. The number of benzene rings is 1. The lowest BCUT2D eigenvalue weighted by atomic mass is 10.1. The SMILES string of the molecule is CCn1ncc(Br)c1/C=C/C(=O)c1ccc(OC)cc1. The van der Waals surface area contributed by atoms with Gasteiger partial charge in [0.05, 0.1) is 23.5 Å². The van der Waals surface area contributed by atoms with Gasteiger partial charge in [-0.3, -0.25) is 9.48 Å². The maximum Gasteiger partial charge on any atom is 0.185 e. The quantitative estimate of drug-likeness (QED) is 0.620. The Hall–Kier alpha value is -1.88. The van der Waals surface area contributed by atoms with Crippen molar-refractivity contribution in [1.29, 1.82) is 0 Å². The number of carbonyl (C=O) groups excluding carboxylic acids is 1. The third-order valence-electron chi connectivity index (χ3n) is 2.90. The smallest absolute Gasteiger partial charge is 0.185 e. The van der Waals surface area contributed by atoms with E-state index in [4.69, 9.17) is 4.74 Å². The minimum Gasteiger partial charge on any atom is -0.497 e. The van der Waals surface area contributed by atoms with Crippen LogP contribution in [-0.4, -0.2) is 22.7 Å². The molecular weight excluding hydrogens is 320 g/mol. The van der Waals surface area contributed by atoms with Crippen molar-refractivity contribution in [2.24, 2.45) is 0 Å². The van der Waals surface area contributed by atoms with Crippen LogP contribution in [-0.2, 0) is 6.54 Å². The molecule has 2 aromatic rings. The first-order chi connectivity index (χ1) is 9.65. The average Bonchev–Trinajstić information content (AvgIpc) is 2.85. The molecular formula is C15H15BrN2O2. The van der Waals surface area contributed by atoms with Gasteiger partial charge in [-0.05, 0) is 59.3 Å². The summed E-state index contributed by atoms with van der Waals surface area (Å²) in [5, 5.41) is 4.20. The Morgan fingerprint density at radius 1 is 1.40 bits per heavy atom. The van der Waals surface area contributed by atoms with Crippen LogP contribution in [0.25, 0.3) is 6.08 Å². The summed E-state index contributed by atoms with van der Waals surface area (Å²) in [5.74, 6) is 0.681. The third kappa shape index (κ3) is 3.17. The number of allylic oxidation sites excluding steroid dienone is 1. The van der Waals surface area contributed by atoms with Gasteiger partial charge >= 0.3 is 0 Å². The Bertz CT molecular complexity index is 630. The third-order valence-corrected chi connectivity index (χ3v) is 3.51. The lowest BCUT2D eigenvalue weighted by molar-refractivity contribution is 0.104. The highest BCUT2D eigenvalue weighted by Crippen LogP contribution is 2.18. The van der Waals surface area contributed by atoms with Gasteiger partial charge in [0.15, 0.2) is 5.78 Å². The Balaban J connectivity index is 2.17. The van der Waals surface area contributed by atoms with E-state index in [2.05, 4.69) is 21.0 Å². The number of hydrogen-bond acceptors (Lipinski definition) is 3. The summed E-state index contributed by atoms with van der Waals surface area (Å²) in [7, 11) is 1.60. The van der Waals surface area contributed by atoms with Crippen molar-refractivity contribution in [2.75, 3.05) is 7.11 Å². The Labute approximate surface area is 126 Å². The number of hydrogen-bond donors (Lipinski definition) is 0. The number of halogens is 1. The summed E-state index contributed by atoms with van der Waals surface area (Å²) in [6.07, 6.45) is 5.05. The molecule has 20 heavy (non-hydrogen) atoms. The summed E-state index contributed by atoms with van der Waals surface area (Å²) in [6.45, 7) is 2.75. The standard InChI is InChI=1S/C15H15BrN2O2/c1-3-18-14(13(16)10-17-18)8-9-15(19)11-4-6-12(20-2)7-5-11/h4-10H,3H2,1-2H3/b9-8+. The molecule has 0 aliphatic rings. The predicted octanol–water partition coefficient (Wildman–Crippen LogP) is 3.57. The van der Waals surface area contributed by atoms with Crippen molar-refractivity contribution in [1.82, 2.24) is 9.78 Å². The molecule has 0 spiro atoms. The molecule has 0 fully saturated rings. The average molecular weight is 335 g/mol. The number of ether oxygens (including phenoxy) is 1. The van der Waals surface area contributed by atoms with E-state index in [0.717, 1.165) is 22.5 Å². The van der Waals surface area contributed by atoms with Gasteiger partial charge < -0.3 is 4.74 Å². The molecule has 104 valence electrons. The van der Waals surface area contributed by atoms with E-state index in [1.165, 1.54) is 0 Å². The fourth-order valence-corrected chi connectivity index (χ4v) is 2.22. The van der Waals surface area contributed by atoms with Crippen LogP contribution >= 0.6 is 15.9 Å². The number of rotatable bonds is 5. The van der Waals surface area contributed by atoms with Crippen molar-refractivity contribution in [3.63, 3.8) is 0 Å². The summed E-state index contributed by atoms with van der Waals surface area (Å²) >= 11 is 3.42. The highest BCUT2D eigenvalue weighted by molar-refractivity contribution is 9.10. The number of ketones is 1. The minimum absolute atomic E-state index is 0.0524. The van der Waals surface area contributed by atoms with Gasteiger partial charge in [-0.1, -0.05) is 0 Å². The number of carbonyl (C=O) groups is 1. The second kappa shape index (κ2) is 6.52. The van der Waals surface area contributed by atoms with Gasteiger partial charge in [0.2, 0.25) is 0 Å². The van der Waals surface area contributed by atoms with Gasteiger partial charge in [-0.2, -0.15) is 5.10 Å². The number of nitrogens with zero attached hydrogens (tertiary/aromatic N) is 2. The molecule has 0 saturated heterocycles. The van der Waals surface area contributed by atoms with Crippen LogP contribution in [0.2, 0.25) is 0 Å². The highest BCUT2D eigenvalue weighted by atomic mass is 79.9. The van der Waals surface area contributed by atoms with E-state index >= 15 is 0 Å². The van der Waals surface area contributed by atoms with Gasteiger partial charge in [-0.25, -0.2) is 0 Å². The zero-order valence-corrected chi connectivity index (χ0v) is 12.9. The summed E-state index contributed by atoms with van der Waals surface area (Å²) in [5.41, 5.74) is 1.51. The minimum atomic E-state index is -0.0524. The van der Waals surface area contributed by atoms with E-state index in [9.17, 15) is 4.79 Å². The molecule has 0 aliphatic carbocycles. The fourth-order valence-electron chi connectivity index (χ4n) is 1.80. The summed E-state index contributed by atoms with van der Waals surface area (Å²) in [6, 6.07) is 7.04. The van der Waals surface area contributed by atoms with E-state index < -0.39 is 0 Å². The molecule has 0 unspecified atom stereocenters. The monoisotopic (exact) mass is 334 g/mol. The lowest BCUT2D eigenvalue weighted by Gasteiger charge is -2.01. The largest absolute Gasteiger partial charge is 0.497 e. The van der Waals surface area contributed by atoms with Crippen molar-refractivity contribution in [3.05, 3.63) is 52.3 Å². The maximum absolute atomic E-state index is 12.1. The zero-order chi connectivity index (χ0) is 14.5. The number of methoxy groups -OCH3 is 1. The van der Waals surface area contributed by atoms with Crippen molar-refractivity contribution in [2.45, 2.75) is 13.5 Å². The summed E-state index contributed by atoms with van der Waals surface area (Å²) in [4.78, 5) is 12.1. The van der Waals surface area contributed by atoms with Crippen LogP contribution in [0.15, 0.2) is 41.0 Å². The topological polar surface area (TPSA) is 44.1 Å². The molecule has 5 heteroatoms. The highest BCUT2D eigenvalue weighted by Gasteiger charge is 2.06. The normalized spacial score (nSPS) is 10.9. The van der Waals surface area contributed by atoms with Gasteiger partial charge in [0.25, 0.3) is 0 Å². The molecule has 0 N–H and O–H groups in total. The molecule has 1 aromatic carbocycles. The zero-order valence-electron chi connectivity index (χ0n) is 11.3. The van der Waals surface area contributed by atoms with Crippen molar-refractivity contribution >= 4 is 27.8 Å². The van der Waals surface area contributed by atoms with E-state index in [-0.39, 0.29) is 5.78 Å². The summed E-state index contributed by atoms with van der Waals surface area (Å²) < 4.78 is 7.76. The van der Waals surface area contributed by atoms with E-state index in [0.29, 0.717) is 5.56 Å². The molecule has 4 nitrogen and oxygen atoms in total. The maximum atomic E-state index is 12.1. The molecule has 2 rings (SSSR count). The fraction of sp³-hybridized carbons (Fsp3) is 0.200. The molecule has 0 radical (unpaired) electrons. The van der Waals surface area contributed by atoms with Crippen molar-refractivity contribution in [3.8, 4) is 5.75 Å². The first-order valence-electron chi connectivity index (χ1n) is 6.23. The van der Waals surface area contributed by atoms with Crippen LogP contribution < -0.4 is 4.74 Å². The molecule has 0 saturated carbocycles. The first kappa shape index (κ1) is 14.5. The Kier molecular flexibility index (Phi) is 4.74. The van der Waals surface area contributed by atoms with Crippen LogP contribution in [0.4, 0.5) is 0 Å². The van der Waals surface area contributed by atoms with Crippen LogP contribution in [0.5, 0.6) is 5.75 Å². The second-order valence-electron chi connectivity index (χ2n) is 4.12. The second-order valence-corrected chi connectivity index (χ2v) is 4.97. The van der Waals surface area contributed by atoms with Gasteiger partial charge in [-0.15, -0.1) is 0 Å². The molecule has 1 aromatic heterocycles. The number of aryl methyl sites for hydroxylation is 1. The molecule has 0 atom stereocenters. The van der Waals surface area contributed by atoms with Gasteiger partial charge in [0.1, 0.15) is 5.75 Å². The van der Waals surface area contributed by atoms with Gasteiger partial charge in [0, 0.05) is 12.1 Å². The molecule has 1 heterocycles. The van der Waals surface area contributed by atoms with Crippen LogP contribution in [0.1, 0.15) is 23.0 Å².